The molecule has 4 nitrogen and oxygen atoms in total. The minimum atomic E-state index is -3.64. The van der Waals surface area contributed by atoms with Gasteiger partial charge in [0.25, 0.3) is 10.0 Å². The summed E-state index contributed by atoms with van der Waals surface area (Å²) in [4.78, 5) is 0.184. The Hall–Kier alpha value is -2.14. The Morgan fingerprint density at radius 2 is 1.71 bits per heavy atom. The average molecular weight is 303 g/mol. The standard InChI is InChI=1S/C16H17NO3S/c1-2-12-20-15-10-8-14(9-11-15)13-17-21(18,19)16-6-4-3-5-7-16/h3-11,13H,2,12H2,1H3/b17-13-. The maximum absolute atomic E-state index is 12.0. The molecule has 0 amide bonds. The van der Waals surface area contributed by atoms with Gasteiger partial charge in [-0.1, -0.05) is 25.1 Å². The number of hydrogen-bond acceptors (Lipinski definition) is 3. The summed E-state index contributed by atoms with van der Waals surface area (Å²) in [7, 11) is -3.64. The number of benzene rings is 2. The first kappa shape index (κ1) is 15.3. The van der Waals surface area contributed by atoms with Gasteiger partial charge in [0, 0.05) is 6.21 Å². The van der Waals surface area contributed by atoms with Crippen LogP contribution in [0.4, 0.5) is 0 Å². The highest BCUT2D eigenvalue weighted by Gasteiger charge is 2.10. The zero-order valence-corrected chi connectivity index (χ0v) is 12.6. The lowest BCUT2D eigenvalue weighted by atomic mass is 10.2. The van der Waals surface area contributed by atoms with Crippen molar-refractivity contribution < 1.29 is 13.2 Å². The van der Waals surface area contributed by atoms with Crippen molar-refractivity contribution in [2.24, 2.45) is 4.40 Å². The normalized spacial score (nSPS) is 11.7. The highest BCUT2D eigenvalue weighted by molar-refractivity contribution is 7.90. The van der Waals surface area contributed by atoms with Crippen molar-refractivity contribution in [1.29, 1.82) is 0 Å². The van der Waals surface area contributed by atoms with Crippen LogP contribution in [0.15, 0.2) is 63.9 Å². The Labute approximate surface area is 125 Å². The van der Waals surface area contributed by atoms with Crippen molar-refractivity contribution in [2.75, 3.05) is 6.61 Å². The van der Waals surface area contributed by atoms with E-state index in [2.05, 4.69) is 4.40 Å². The molecule has 0 aliphatic carbocycles. The van der Waals surface area contributed by atoms with Gasteiger partial charge in [-0.15, -0.1) is 0 Å². The minimum absolute atomic E-state index is 0.184. The Balaban J connectivity index is 2.10. The molecule has 2 rings (SSSR count). The van der Waals surface area contributed by atoms with Crippen LogP contribution in [0.1, 0.15) is 18.9 Å². The molecular weight excluding hydrogens is 286 g/mol. The lowest BCUT2D eigenvalue weighted by molar-refractivity contribution is 0.317. The molecule has 0 saturated heterocycles. The van der Waals surface area contributed by atoms with Crippen LogP contribution < -0.4 is 4.74 Å². The fourth-order valence-electron chi connectivity index (χ4n) is 1.65. The summed E-state index contributed by atoms with van der Waals surface area (Å²) in [5.74, 6) is 0.764. The third-order valence-electron chi connectivity index (χ3n) is 2.73. The summed E-state index contributed by atoms with van der Waals surface area (Å²) in [6.07, 6.45) is 2.28. The van der Waals surface area contributed by atoms with Gasteiger partial charge in [0.1, 0.15) is 5.75 Å². The van der Waals surface area contributed by atoms with Crippen molar-refractivity contribution >= 4 is 16.2 Å². The van der Waals surface area contributed by atoms with Crippen LogP contribution in [0.5, 0.6) is 5.75 Å². The number of sulfonamides is 1. The predicted octanol–water partition coefficient (Wildman–Crippen LogP) is 3.28. The second-order valence-electron chi connectivity index (χ2n) is 4.44. The summed E-state index contributed by atoms with van der Waals surface area (Å²) in [6.45, 7) is 2.70. The van der Waals surface area contributed by atoms with E-state index in [0.717, 1.165) is 12.2 Å². The van der Waals surface area contributed by atoms with Crippen molar-refractivity contribution in [2.45, 2.75) is 18.2 Å². The number of ether oxygens (including phenoxy) is 1. The zero-order chi connectivity index (χ0) is 15.1. The molecule has 110 valence electrons. The quantitative estimate of drug-likeness (QED) is 0.769. The van der Waals surface area contributed by atoms with E-state index in [1.54, 1.807) is 42.5 Å². The Morgan fingerprint density at radius 1 is 1.05 bits per heavy atom. The van der Waals surface area contributed by atoms with Gasteiger partial charge in [-0.25, -0.2) is 0 Å². The Morgan fingerprint density at radius 3 is 2.33 bits per heavy atom. The van der Waals surface area contributed by atoms with E-state index in [1.165, 1.54) is 18.3 Å². The molecule has 2 aromatic rings. The van der Waals surface area contributed by atoms with Gasteiger partial charge in [0.15, 0.2) is 0 Å². The van der Waals surface area contributed by atoms with Crippen LogP contribution in [-0.2, 0) is 10.0 Å². The van der Waals surface area contributed by atoms with Gasteiger partial charge in [-0.3, -0.25) is 0 Å². The van der Waals surface area contributed by atoms with E-state index >= 15 is 0 Å². The van der Waals surface area contributed by atoms with Crippen LogP contribution in [-0.4, -0.2) is 21.2 Å². The molecule has 0 unspecified atom stereocenters. The first-order valence-electron chi connectivity index (χ1n) is 6.70. The van der Waals surface area contributed by atoms with Gasteiger partial charge in [0.05, 0.1) is 11.5 Å². The molecule has 0 bridgehead atoms. The molecule has 0 aromatic heterocycles. The summed E-state index contributed by atoms with van der Waals surface area (Å²) in [5, 5.41) is 0. The molecule has 5 heteroatoms. The monoisotopic (exact) mass is 303 g/mol. The maximum atomic E-state index is 12.0. The van der Waals surface area contributed by atoms with E-state index in [9.17, 15) is 8.42 Å². The van der Waals surface area contributed by atoms with Crippen LogP contribution in [0.2, 0.25) is 0 Å². The van der Waals surface area contributed by atoms with E-state index < -0.39 is 10.0 Å². The number of nitrogens with zero attached hydrogens (tertiary/aromatic N) is 1. The Kier molecular flexibility index (Phi) is 5.11. The predicted molar refractivity (Wildman–Crippen MR) is 83.4 cm³/mol. The summed E-state index contributed by atoms with van der Waals surface area (Å²) >= 11 is 0. The highest BCUT2D eigenvalue weighted by atomic mass is 32.2. The molecule has 0 radical (unpaired) electrons. The molecule has 0 N–H and O–H groups in total. The van der Waals surface area contributed by atoms with Gasteiger partial charge >= 0.3 is 0 Å². The van der Waals surface area contributed by atoms with Crippen molar-refractivity contribution in [3.8, 4) is 5.75 Å². The molecule has 0 aliphatic rings. The molecule has 0 aliphatic heterocycles. The SMILES string of the molecule is CCCOc1ccc(/C=N\S(=O)(=O)c2ccccc2)cc1. The Bertz CT molecular complexity index is 692. The number of rotatable bonds is 6. The molecule has 0 atom stereocenters. The molecule has 0 fully saturated rings. The van der Waals surface area contributed by atoms with Crippen molar-refractivity contribution in [3.63, 3.8) is 0 Å². The topological polar surface area (TPSA) is 55.7 Å². The maximum Gasteiger partial charge on any atom is 0.282 e. The molecule has 0 spiro atoms. The number of hydrogen-bond donors (Lipinski definition) is 0. The average Bonchev–Trinajstić information content (AvgIpc) is 2.53. The lowest BCUT2D eigenvalue weighted by Gasteiger charge is -2.03. The largest absolute Gasteiger partial charge is 0.494 e. The summed E-state index contributed by atoms with van der Waals surface area (Å²) < 4.78 is 33.1. The van der Waals surface area contributed by atoms with Crippen molar-refractivity contribution in [3.05, 3.63) is 60.2 Å². The molecule has 0 saturated carbocycles. The highest BCUT2D eigenvalue weighted by Crippen LogP contribution is 2.13. The molecular formula is C16H17NO3S. The van der Waals surface area contributed by atoms with Crippen LogP contribution in [0, 0.1) is 0 Å². The van der Waals surface area contributed by atoms with Gasteiger partial charge < -0.3 is 4.74 Å². The van der Waals surface area contributed by atoms with E-state index in [4.69, 9.17) is 4.74 Å². The van der Waals surface area contributed by atoms with Crippen LogP contribution in [0.3, 0.4) is 0 Å². The van der Waals surface area contributed by atoms with Gasteiger partial charge in [-0.05, 0) is 48.4 Å². The van der Waals surface area contributed by atoms with E-state index in [0.29, 0.717) is 12.2 Å². The lowest BCUT2D eigenvalue weighted by Crippen LogP contribution is -1.98. The molecule has 2 aromatic carbocycles. The van der Waals surface area contributed by atoms with E-state index in [1.807, 2.05) is 6.92 Å². The third kappa shape index (κ3) is 4.43. The summed E-state index contributed by atoms with van der Waals surface area (Å²) in [5.41, 5.74) is 0.707. The summed E-state index contributed by atoms with van der Waals surface area (Å²) in [6, 6.07) is 15.3. The minimum Gasteiger partial charge on any atom is -0.494 e. The van der Waals surface area contributed by atoms with Crippen molar-refractivity contribution in [1.82, 2.24) is 0 Å². The molecule has 0 heterocycles. The first-order chi connectivity index (χ1) is 10.1. The second-order valence-corrected chi connectivity index (χ2v) is 6.07. The fraction of sp³-hybridized carbons (Fsp3) is 0.188. The zero-order valence-electron chi connectivity index (χ0n) is 11.8. The second kappa shape index (κ2) is 7.04. The first-order valence-corrected chi connectivity index (χ1v) is 8.14. The van der Waals surface area contributed by atoms with Gasteiger partial charge in [-0.2, -0.15) is 12.8 Å². The smallest absolute Gasteiger partial charge is 0.282 e. The third-order valence-corrected chi connectivity index (χ3v) is 3.99. The van der Waals surface area contributed by atoms with Crippen LogP contribution >= 0.6 is 0 Å². The fourth-order valence-corrected chi connectivity index (χ4v) is 2.54. The van der Waals surface area contributed by atoms with Gasteiger partial charge in [0.2, 0.25) is 0 Å². The van der Waals surface area contributed by atoms with E-state index in [-0.39, 0.29) is 4.90 Å². The van der Waals surface area contributed by atoms with Crippen LogP contribution in [0.25, 0.3) is 0 Å². The molecule has 21 heavy (non-hydrogen) atoms.